The summed E-state index contributed by atoms with van der Waals surface area (Å²) < 4.78 is 21.4. The number of carbonyl (C=O) groups is 1. The summed E-state index contributed by atoms with van der Waals surface area (Å²) in [6, 6.07) is 0. The highest BCUT2D eigenvalue weighted by molar-refractivity contribution is 5.93. The van der Waals surface area contributed by atoms with Gasteiger partial charge in [0.2, 0.25) is 11.5 Å². The van der Waals surface area contributed by atoms with E-state index in [1.54, 1.807) is 6.92 Å². The van der Waals surface area contributed by atoms with Crippen molar-refractivity contribution in [1.29, 1.82) is 0 Å². The molecule has 0 radical (unpaired) electrons. The molecule has 1 aromatic rings. The van der Waals surface area contributed by atoms with Gasteiger partial charge in [0.15, 0.2) is 11.5 Å². The Labute approximate surface area is 123 Å². The van der Waals surface area contributed by atoms with Crippen molar-refractivity contribution in [3.05, 3.63) is 16.7 Å². The molecule has 0 saturated carbocycles. The van der Waals surface area contributed by atoms with E-state index >= 15 is 0 Å². The lowest BCUT2D eigenvalue weighted by Crippen LogP contribution is -2.04. The van der Waals surface area contributed by atoms with E-state index in [0.717, 1.165) is 0 Å². The first-order chi connectivity index (χ1) is 9.92. The molecule has 0 bridgehead atoms. The number of aliphatic carboxylic acids is 1. The second kappa shape index (κ2) is 6.88. The fourth-order valence-corrected chi connectivity index (χ4v) is 2.06. The first-order valence-corrected chi connectivity index (χ1v) is 6.20. The molecule has 0 saturated heterocycles. The number of benzene rings is 1. The van der Waals surface area contributed by atoms with Crippen molar-refractivity contribution in [2.24, 2.45) is 0 Å². The molecule has 0 fully saturated rings. The van der Waals surface area contributed by atoms with Crippen LogP contribution in [0.25, 0.3) is 6.08 Å². The molecule has 0 aliphatic heterocycles. The lowest BCUT2D eigenvalue weighted by molar-refractivity contribution is -0.132. The molecule has 6 nitrogen and oxygen atoms in total. The zero-order valence-corrected chi connectivity index (χ0v) is 13.1. The van der Waals surface area contributed by atoms with E-state index < -0.39 is 5.97 Å². The second-order valence-corrected chi connectivity index (χ2v) is 4.30. The van der Waals surface area contributed by atoms with Crippen molar-refractivity contribution in [3.8, 4) is 23.0 Å². The number of rotatable bonds is 6. The standard InChI is InChI=1S/C15H20O6/c1-8(15(16)17)7-10-9(2)11(18-3)13(20-5)14(21-6)12(10)19-4/h7H,1-6H3,(H,16,17)/b8-7+. The lowest BCUT2D eigenvalue weighted by atomic mass is 10.0. The van der Waals surface area contributed by atoms with E-state index in [4.69, 9.17) is 24.1 Å². The molecule has 0 aromatic heterocycles. The monoisotopic (exact) mass is 296 g/mol. The van der Waals surface area contributed by atoms with E-state index in [1.165, 1.54) is 41.4 Å². The Morgan fingerprint density at radius 2 is 1.33 bits per heavy atom. The molecule has 0 aliphatic carbocycles. The summed E-state index contributed by atoms with van der Waals surface area (Å²) >= 11 is 0. The Bertz CT molecular complexity index is 574. The number of carboxylic acid groups (broad SMARTS) is 1. The molecule has 0 heterocycles. The maximum absolute atomic E-state index is 11.1. The van der Waals surface area contributed by atoms with Crippen LogP contribution >= 0.6 is 0 Å². The molecule has 0 atom stereocenters. The van der Waals surface area contributed by atoms with Gasteiger partial charge in [0.1, 0.15) is 0 Å². The van der Waals surface area contributed by atoms with Crippen molar-refractivity contribution >= 4 is 12.0 Å². The van der Waals surface area contributed by atoms with E-state index in [9.17, 15) is 4.79 Å². The van der Waals surface area contributed by atoms with Gasteiger partial charge in [-0.15, -0.1) is 0 Å². The van der Waals surface area contributed by atoms with Crippen LogP contribution in [-0.4, -0.2) is 39.5 Å². The quantitative estimate of drug-likeness (QED) is 0.813. The van der Waals surface area contributed by atoms with E-state index in [0.29, 0.717) is 34.1 Å². The minimum Gasteiger partial charge on any atom is -0.492 e. The Balaban J connectivity index is 3.78. The topological polar surface area (TPSA) is 74.2 Å². The van der Waals surface area contributed by atoms with Gasteiger partial charge >= 0.3 is 5.97 Å². The van der Waals surface area contributed by atoms with Crippen LogP contribution in [0.2, 0.25) is 0 Å². The summed E-state index contributed by atoms with van der Waals surface area (Å²) in [5.41, 5.74) is 1.45. The lowest BCUT2D eigenvalue weighted by Gasteiger charge is -2.20. The highest BCUT2D eigenvalue weighted by Gasteiger charge is 2.24. The van der Waals surface area contributed by atoms with Gasteiger partial charge in [0.05, 0.1) is 28.4 Å². The number of hydrogen-bond acceptors (Lipinski definition) is 5. The maximum Gasteiger partial charge on any atom is 0.331 e. The molecule has 6 heteroatoms. The Kier molecular flexibility index (Phi) is 5.46. The van der Waals surface area contributed by atoms with Crippen LogP contribution in [0.4, 0.5) is 0 Å². The van der Waals surface area contributed by atoms with Crippen molar-refractivity contribution in [2.45, 2.75) is 13.8 Å². The minimum absolute atomic E-state index is 0.172. The molecule has 1 rings (SSSR count). The van der Waals surface area contributed by atoms with Crippen molar-refractivity contribution in [2.75, 3.05) is 28.4 Å². The van der Waals surface area contributed by atoms with Gasteiger partial charge in [-0.2, -0.15) is 0 Å². The average molecular weight is 296 g/mol. The van der Waals surface area contributed by atoms with Gasteiger partial charge in [0, 0.05) is 16.7 Å². The molecular formula is C15H20O6. The molecule has 0 aliphatic rings. The van der Waals surface area contributed by atoms with E-state index in [2.05, 4.69) is 0 Å². The Hall–Kier alpha value is -2.37. The van der Waals surface area contributed by atoms with Crippen LogP contribution in [0, 0.1) is 6.92 Å². The molecule has 1 N–H and O–H groups in total. The van der Waals surface area contributed by atoms with Gasteiger partial charge < -0.3 is 24.1 Å². The molecule has 0 unspecified atom stereocenters. The van der Waals surface area contributed by atoms with E-state index in [1.807, 2.05) is 0 Å². The third-order valence-electron chi connectivity index (χ3n) is 3.12. The largest absolute Gasteiger partial charge is 0.492 e. The number of hydrogen-bond donors (Lipinski definition) is 1. The van der Waals surface area contributed by atoms with Crippen LogP contribution in [0.3, 0.4) is 0 Å². The molecule has 21 heavy (non-hydrogen) atoms. The predicted octanol–water partition coefficient (Wildman–Crippen LogP) is 2.52. The van der Waals surface area contributed by atoms with Gasteiger partial charge in [-0.25, -0.2) is 4.79 Å². The van der Waals surface area contributed by atoms with Crippen molar-refractivity contribution in [1.82, 2.24) is 0 Å². The third kappa shape index (κ3) is 3.04. The number of methoxy groups -OCH3 is 4. The van der Waals surface area contributed by atoms with Gasteiger partial charge in [-0.05, 0) is 19.9 Å². The zero-order valence-electron chi connectivity index (χ0n) is 13.1. The Morgan fingerprint density at radius 3 is 1.71 bits per heavy atom. The third-order valence-corrected chi connectivity index (χ3v) is 3.12. The minimum atomic E-state index is -1.01. The smallest absolute Gasteiger partial charge is 0.331 e. The summed E-state index contributed by atoms with van der Waals surface area (Å²) in [7, 11) is 5.97. The summed E-state index contributed by atoms with van der Waals surface area (Å²) in [6.07, 6.45) is 1.51. The predicted molar refractivity (Wildman–Crippen MR) is 78.7 cm³/mol. The fourth-order valence-electron chi connectivity index (χ4n) is 2.06. The average Bonchev–Trinajstić information content (AvgIpc) is 2.47. The summed E-state index contributed by atoms with van der Waals surface area (Å²) in [5.74, 6) is 0.615. The number of ether oxygens (including phenoxy) is 4. The Morgan fingerprint density at radius 1 is 0.905 bits per heavy atom. The first kappa shape index (κ1) is 16.7. The normalized spacial score (nSPS) is 11.0. The summed E-state index contributed by atoms with van der Waals surface area (Å²) in [6.45, 7) is 3.30. The highest BCUT2D eigenvalue weighted by atomic mass is 16.5. The summed E-state index contributed by atoms with van der Waals surface area (Å²) in [5, 5.41) is 9.06. The maximum atomic E-state index is 11.1. The first-order valence-electron chi connectivity index (χ1n) is 6.20. The van der Waals surface area contributed by atoms with Crippen LogP contribution in [0.5, 0.6) is 23.0 Å². The highest BCUT2D eigenvalue weighted by Crippen LogP contribution is 2.49. The van der Waals surface area contributed by atoms with Crippen LogP contribution < -0.4 is 18.9 Å². The molecular weight excluding hydrogens is 276 g/mol. The summed E-state index contributed by atoms with van der Waals surface area (Å²) in [4.78, 5) is 11.1. The van der Waals surface area contributed by atoms with E-state index in [-0.39, 0.29) is 5.57 Å². The van der Waals surface area contributed by atoms with Gasteiger partial charge in [-0.3, -0.25) is 0 Å². The fraction of sp³-hybridized carbons (Fsp3) is 0.400. The van der Waals surface area contributed by atoms with Gasteiger partial charge in [-0.1, -0.05) is 0 Å². The molecule has 116 valence electrons. The zero-order chi connectivity index (χ0) is 16.2. The molecule has 0 spiro atoms. The van der Waals surface area contributed by atoms with Gasteiger partial charge in [0.25, 0.3) is 0 Å². The van der Waals surface area contributed by atoms with Crippen molar-refractivity contribution < 1.29 is 28.8 Å². The van der Waals surface area contributed by atoms with Crippen LogP contribution in [0.1, 0.15) is 18.1 Å². The van der Waals surface area contributed by atoms with Crippen molar-refractivity contribution in [3.63, 3.8) is 0 Å². The SMILES string of the molecule is COc1c(C)c(/C=C(\C)C(=O)O)c(OC)c(OC)c1OC. The second-order valence-electron chi connectivity index (χ2n) is 4.30. The number of carboxylic acids is 1. The van der Waals surface area contributed by atoms with Crippen LogP contribution in [-0.2, 0) is 4.79 Å². The van der Waals surface area contributed by atoms with Crippen LogP contribution in [0.15, 0.2) is 5.57 Å². The molecule has 1 aromatic carbocycles. The molecule has 0 amide bonds.